The zero-order valence-corrected chi connectivity index (χ0v) is 18.6. The van der Waals surface area contributed by atoms with Gasteiger partial charge < -0.3 is 14.8 Å². The summed E-state index contributed by atoms with van der Waals surface area (Å²) >= 11 is 0. The lowest BCUT2D eigenvalue weighted by atomic mass is 9.81. The lowest BCUT2D eigenvalue weighted by Crippen LogP contribution is -2.53. The highest BCUT2D eigenvalue weighted by Gasteiger charge is 2.61. The Hall–Kier alpha value is -3.09. The Morgan fingerprint density at radius 3 is 2.39 bits per heavy atom. The maximum atomic E-state index is 13.2. The molecule has 1 N–H and O–H groups in total. The average Bonchev–Trinajstić information content (AvgIpc) is 3.61. The molecule has 33 heavy (non-hydrogen) atoms. The van der Waals surface area contributed by atoms with Crippen molar-refractivity contribution in [3.63, 3.8) is 0 Å². The van der Waals surface area contributed by atoms with E-state index in [1.165, 1.54) is 10.6 Å². The number of carbonyl (C=O) groups excluding carboxylic acids is 3. The molecule has 7 heteroatoms. The van der Waals surface area contributed by atoms with Crippen LogP contribution >= 0.6 is 0 Å². The highest BCUT2D eigenvalue weighted by Crippen LogP contribution is 2.56. The van der Waals surface area contributed by atoms with Gasteiger partial charge in [0.25, 0.3) is 0 Å². The van der Waals surface area contributed by atoms with Crippen molar-refractivity contribution in [2.24, 2.45) is 23.7 Å². The summed E-state index contributed by atoms with van der Waals surface area (Å²) in [6.45, 7) is 1.12. The third kappa shape index (κ3) is 2.59. The number of benzene rings is 1. The first-order valence-electron chi connectivity index (χ1n) is 12.2. The Labute approximate surface area is 192 Å². The maximum absolute atomic E-state index is 13.2. The second-order valence-corrected chi connectivity index (χ2v) is 10.5. The highest BCUT2D eigenvalue weighted by molar-refractivity contribution is 6.08. The van der Waals surface area contributed by atoms with Crippen LogP contribution in [0.3, 0.4) is 0 Å². The summed E-state index contributed by atoms with van der Waals surface area (Å²) in [6, 6.07) is 12.5. The van der Waals surface area contributed by atoms with Crippen LogP contribution in [0.4, 0.5) is 5.69 Å². The number of rotatable bonds is 2. The van der Waals surface area contributed by atoms with Crippen molar-refractivity contribution in [2.45, 2.75) is 37.6 Å². The molecule has 2 aromatic rings. The number of nitrogens with one attached hydrogen (secondary N) is 1. The molecule has 2 saturated heterocycles. The van der Waals surface area contributed by atoms with Gasteiger partial charge in [-0.2, -0.15) is 0 Å². The van der Waals surface area contributed by atoms with Crippen LogP contribution in [0, 0.1) is 23.7 Å². The molecule has 7 rings (SSSR count). The molecule has 2 bridgehead atoms. The number of carbonyl (C=O) groups is 3. The Morgan fingerprint density at radius 1 is 0.970 bits per heavy atom. The largest absolute Gasteiger partial charge is 0.372 e. The fraction of sp³-hybridized carbons (Fsp3) is 0.500. The molecule has 7 nitrogen and oxygen atoms in total. The van der Waals surface area contributed by atoms with E-state index >= 15 is 0 Å². The molecule has 3 aliphatic heterocycles. The zero-order valence-electron chi connectivity index (χ0n) is 18.6. The van der Waals surface area contributed by atoms with Crippen molar-refractivity contribution in [1.82, 2.24) is 14.4 Å². The summed E-state index contributed by atoms with van der Waals surface area (Å²) in [5, 5.41) is 3.77. The van der Waals surface area contributed by atoms with Crippen LogP contribution in [0.2, 0.25) is 0 Å². The van der Waals surface area contributed by atoms with Crippen molar-refractivity contribution in [2.75, 3.05) is 25.0 Å². The summed E-state index contributed by atoms with van der Waals surface area (Å²) in [6.07, 6.45) is 6.80. The first-order valence-corrected chi connectivity index (χ1v) is 12.2. The van der Waals surface area contributed by atoms with Crippen LogP contribution < -0.4 is 5.32 Å². The number of likely N-dealkylation sites (tertiary alicyclic amines) is 2. The van der Waals surface area contributed by atoms with Crippen LogP contribution in [0.25, 0.3) is 5.69 Å². The smallest absolute Gasteiger partial charge is 0.242 e. The van der Waals surface area contributed by atoms with Gasteiger partial charge in [-0.3, -0.25) is 19.3 Å². The van der Waals surface area contributed by atoms with E-state index in [2.05, 4.69) is 40.3 Å². The SMILES string of the molecule is O=C(CN1C(=O)[C@H]2[C@H]3CC[C@@H](C3)[C@@H]2C1=O)N1CCC2(CC1)Nc1ccccc1-n1cccc12. The summed E-state index contributed by atoms with van der Waals surface area (Å²) < 4.78 is 2.25. The van der Waals surface area contributed by atoms with Crippen molar-refractivity contribution in [1.29, 1.82) is 0 Å². The van der Waals surface area contributed by atoms with E-state index in [-0.39, 0.29) is 41.6 Å². The van der Waals surface area contributed by atoms with Crippen LogP contribution in [-0.4, -0.2) is 51.7 Å². The molecule has 4 heterocycles. The average molecular weight is 445 g/mol. The van der Waals surface area contributed by atoms with Gasteiger partial charge >= 0.3 is 0 Å². The number of nitrogens with zero attached hydrogens (tertiary/aromatic N) is 3. The number of para-hydroxylation sites is 2. The van der Waals surface area contributed by atoms with E-state index in [9.17, 15) is 14.4 Å². The van der Waals surface area contributed by atoms with E-state index in [1.807, 2.05) is 17.0 Å². The fourth-order valence-corrected chi connectivity index (χ4v) is 7.47. The molecular formula is C26H28N4O3. The normalized spacial score (nSPS) is 30.9. The zero-order chi connectivity index (χ0) is 22.3. The molecule has 0 radical (unpaired) electrons. The number of aromatic nitrogens is 1. The number of hydrogen-bond acceptors (Lipinski definition) is 4. The van der Waals surface area contributed by atoms with Crippen molar-refractivity contribution in [3.05, 3.63) is 48.3 Å². The Balaban J connectivity index is 1.06. The lowest BCUT2D eigenvalue weighted by molar-refractivity contribution is -0.147. The van der Waals surface area contributed by atoms with E-state index in [4.69, 9.17) is 0 Å². The van der Waals surface area contributed by atoms with Crippen LogP contribution in [0.15, 0.2) is 42.6 Å². The molecule has 2 aliphatic carbocycles. The standard InChI is InChI=1S/C26H28N4O3/c31-21(15-30-24(32)22-16-7-8-17(14-16)23(22)25(30)33)28-12-9-26(10-13-28)20-6-3-11-29(20)19-5-2-1-4-18(19)27-26/h1-6,11,16-17,22-23,27H,7-10,12-15H2/t16-,17-,22-,23-/m0/s1. The van der Waals surface area contributed by atoms with Gasteiger partial charge in [-0.05, 0) is 68.2 Å². The molecule has 170 valence electrons. The van der Waals surface area contributed by atoms with Gasteiger partial charge in [0.2, 0.25) is 17.7 Å². The van der Waals surface area contributed by atoms with Crippen molar-refractivity contribution < 1.29 is 14.4 Å². The van der Waals surface area contributed by atoms with Gasteiger partial charge in [0.1, 0.15) is 6.54 Å². The first kappa shape index (κ1) is 19.4. The van der Waals surface area contributed by atoms with E-state index in [0.29, 0.717) is 24.9 Å². The molecule has 1 aromatic heterocycles. The van der Waals surface area contributed by atoms with Gasteiger partial charge in [-0.25, -0.2) is 0 Å². The van der Waals surface area contributed by atoms with Gasteiger partial charge in [0.15, 0.2) is 0 Å². The van der Waals surface area contributed by atoms with Crippen LogP contribution in [0.1, 0.15) is 37.8 Å². The molecular weight excluding hydrogens is 416 g/mol. The predicted octanol–water partition coefficient (Wildman–Crippen LogP) is 2.75. The molecule has 5 aliphatic rings. The third-order valence-corrected chi connectivity index (χ3v) is 9.06. The number of hydrogen-bond donors (Lipinski definition) is 1. The van der Waals surface area contributed by atoms with Crippen LogP contribution in [-0.2, 0) is 19.9 Å². The molecule has 0 unspecified atom stereocenters. The van der Waals surface area contributed by atoms with Crippen LogP contribution in [0.5, 0.6) is 0 Å². The lowest BCUT2D eigenvalue weighted by Gasteiger charge is -2.46. The number of piperidine rings is 1. The second-order valence-electron chi connectivity index (χ2n) is 10.5. The third-order valence-electron chi connectivity index (χ3n) is 9.06. The van der Waals surface area contributed by atoms with Gasteiger partial charge in [0, 0.05) is 25.0 Å². The highest BCUT2D eigenvalue weighted by atomic mass is 16.2. The van der Waals surface area contributed by atoms with Gasteiger partial charge in [0.05, 0.1) is 28.7 Å². The number of imide groups is 1. The molecule has 2 saturated carbocycles. The summed E-state index contributed by atoms with van der Waals surface area (Å²) in [5.41, 5.74) is 3.26. The molecule has 1 spiro atoms. The molecule has 3 amide bonds. The topological polar surface area (TPSA) is 74.7 Å². The van der Waals surface area contributed by atoms with E-state index < -0.39 is 0 Å². The minimum atomic E-state index is -0.218. The van der Waals surface area contributed by atoms with Crippen molar-refractivity contribution >= 4 is 23.4 Å². The first-order chi connectivity index (χ1) is 16.1. The van der Waals surface area contributed by atoms with Gasteiger partial charge in [-0.1, -0.05) is 12.1 Å². The van der Waals surface area contributed by atoms with Crippen molar-refractivity contribution in [3.8, 4) is 5.69 Å². The second kappa shape index (κ2) is 6.72. The fourth-order valence-electron chi connectivity index (χ4n) is 7.47. The molecule has 4 atom stereocenters. The number of amides is 3. The van der Waals surface area contributed by atoms with Gasteiger partial charge in [-0.15, -0.1) is 0 Å². The summed E-state index contributed by atoms with van der Waals surface area (Å²) in [5.74, 6) is 0.0852. The molecule has 1 aromatic carbocycles. The quantitative estimate of drug-likeness (QED) is 0.723. The summed E-state index contributed by atoms with van der Waals surface area (Å²) in [7, 11) is 0. The minimum Gasteiger partial charge on any atom is -0.372 e. The predicted molar refractivity (Wildman–Crippen MR) is 121 cm³/mol. The van der Waals surface area contributed by atoms with E-state index in [1.54, 1.807) is 0 Å². The molecule has 4 fully saturated rings. The van der Waals surface area contributed by atoms with E-state index in [0.717, 1.165) is 43.5 Å². The summed E-state index contributed by atoms with van der Waals surface area (Å²) in [4.78, 5) is 42.3. The Bertz CT molecular complexity index is 1150. The minimum absolute atomic E-state index is 0.0935. The Morgan fingerprint density at radius 2 is 1.67 bits per heavy atom. The number of anilines is 1. The Kier molecular flexibility index (Phi) is 3.94. The maximum Gasteiger partial charge on any atom is 0.242 e. The number of fused-ring (bicyclic) bond motifs is 9. The monoisotopic (exact) mass is 444 g/mol.